The van der Waals surface area contributed by atoms with Crippen LogP contribution in [0.25, 0.3) is 10.9 Å². The highest BCUT2D eigenvalue weighted by Crippen LogP contribution is 2.24. The van der Waals surface area contributed by atoms with Crippen molar-refractivity contribution in [3.63, 3.8) is 0 Å². The van der Waals surface area contributed by atoms with Gasteiger partial charge in [0.1, 0.15) is 6.10 Å². The molecule has 26 heavy (non-hydrogen) atoms. The van der Waals surface area contributed by atoms with Gasteiger partial charge in [0.2, 0.25) is 0 Å². The number of benzene rings is 1. The van der Waals surface area contributed by atoms with Crippen molar-refractivity contribution in [1.82, 2.24) is 25.2 Å². The Morgan fingerprint density at radius 3 is 3.00 bits per heavy atom. The van der Waals surface area contributed by atoms with Crippen LogP contribution in [0, 0.1) is 13.8 Å². The summed E-state index contributed by atoms with van der Waals surface area (Å²) in [6.07, 6.45) is 0.767. The first-order valence-electron chi connectivity index (χ1n) is 8.73. The van der Waals surface area contributed by atoms with Gasteiger partial charge >= 0.3 is 0 Å². The molecule has 0 spiro atoms. The van der Waals surface area contributed by atoms with Gasteiger partial charge in [0.05, 0.1) is 18.2 Å². The highest BCUT2D eigenvalue weighted by molar-refractivity contribution is 5.83. The topological polar surface area (TPSA) is 106 Å². The van der Waals surface area contributed by atoms with Gasteiger partial charge in [-0.3, -0.25) is 4.79 Å². The molecule has 0 saturated carbocycles. The summed E-state index contributed by atoms with van der Waals surface area (Å²) >= 11 is 0. The molecular formula is C18H21N5O3. The molecule has 1 aromatic carbocycles. The van der Waals surface area contributed by atoms with Gasteiger partial charge < -0.3 is 14.8 Å². The van der Waals surface area contributed by atoms with Crippen molar-refractivity contribution in [3.8, 4) is 0 Å². The molecular weight excluding hydrogens is 334 g/mol. The standard InChI is InChI=1S/C18H21N5O3/c1-10-6-11(2)13-8-14(18(25)19-15(13)7-10)16(24)17-20-21-22-23(17)9-12-4-3-5-26-12/h6-8,12,16,24H,3-5,9H2,1-2H3,(H,19,25). The second-order valence-corrected chi connectivity index (χ2v) is 6.85. The van der Waals surface area contributed by atoms with Crippen LogP contribution in [0.15, 0.2) is 23.0 Å². The molecule has 2 unspecified atom stereocenters. The Morgan fingerprint density at radius 2 is 2.23 bits per heavy atom. The maximum Gasteiger partial charge on any atom is 0.254 e. The van der Waals surface area contributed by atoms with E-state index in [9.17, 15) is 9.90 Å². The summed E-state index contributed by atoms with van der Waals surface area (Å²) in [4.78, 5) is 15.4. The minimum atomic E-state index is -1.21. The molecule has 1 saturated heterocycles. The number of nitrogens with one attached hydrogen (secondary N) is 1. The zero-order valence-corrected chi connectivity index (χ0v) is 14.8. The lowest BCUT2D eigenvalue weighted by atomic mass is 10.0. The second kappa shape index (κ2) is 6.62. The first-order valence-corrected chi connectivity index (χ1v) is 8.73. The summed E-state index contributed by atoms with van der Waals surface area (Å²) in [5.74, 6) is 0.245. The number of rotatable bonds is 4. The van der Waals surface area contributed by atoms with Crippen molar-refractivity contribution in [2.45, 2.75) is 45.4 Å². The molecule has 0 amide bonds. The lowest BCUT2D eigenvalue weighted by molar-refractivity contribution is 0.0898. The van der Waals surface area contributed by atoms with E-state index < -0.39 is 6.10 Å². The van der Waals surface area contributed by atoms with Gasteiger partial charge in [-0.2, -0.15) is 0 Å². The fourth-order valence-corrected chi connectivity index (χ4v) is 3.55. The number of pyridine rings is 1. The number of aryl methyl sites for hydroxylation is 2. The summed E-state index contributed by atoms with van der Waals surface area (Å²) in [6, 6.07) is 5.68. The SMILES string of the molecule is Cc1cc(C)c2cc(C(O)c3nnnn3CC3CCCO3)c(=O)[nH]c2c1. The first-order chi connectivity index (χ1) is 12.5. The van der Waals surface area contributed by atoms with Crippen LogP contribution in [-0.4, -0.2) is 43.0 Å². The van der Waals surface area contributed by atoms with Crippen LogP contribution >= 0.6 is 0 Å². The summed E-state index contributed by atoms with van der Waals surface area (Å²) in [5, 5.41) is 23.2. The number of fused-ring (bicyclic) bond motifs is 1. The number of aliphatic hydroxyl groups is 1. The predicted molar refractivity (Wildman–Crippen MR) is 94.9 cm³/mol. The quantitative estimate of drug-likeness (QED) is 0.733. The van der Waals surface area contributed by atoms with Gasteiger partial charge in [0.15, 0.2) is 5.82 Å². The Kier molecular flexibility index (Phi) is 4.29. The van der Waals surface area contributed by atoms with E-state index >= 15 is 0 Å². The minimum Gasteiger partial charge on any atom is -0.380 e. The molecule has 0 bridgehead atoms. The van der Waals surface area contributed by atoms with E-state index in [0.717, 1.165) is 41.5 Å². The number of hydrogen-bond acceptors (Lipinski definition) is 6. The number of ether oxygens (including phenoxy) is 1. The summed E-state index contributed by atoms with van der Waals surface area (Å²) in [7, 11) is 0. The Morgan fingerprint density at radius 1 is 1.38 bits per heavy atom. The lowest BCUT2D eigenvalue weighted by Crippen LogP contribution is -2.23. The Bertz CT molecular complexity index is 1000. The third kappa shape index (κ3) is 3.02. The number of aromatic amines is 1. The third-order valence-electron chi connectivity index (χ3n) is 4.84. The molecule has 0 radical (unpaired) electrons. The van der Waals surface area contributed by atoms with Crippen LogP contribution in [0.4, 0.5) is 0 Å². The maximum absolute atomic E-state index is 12.5. The monoisotopic (exact) mass is 355 g/mol. The summed E-state index contributed by atoms with van der Waals surface area (Å²) in [6.45, 7) is 5.15. The van der Waals surface area contributed by atoms with Crippen LogP contribution in [0.5, 0.6) is 0 Å². The largest absolute Gasteiger partial charge is 0.380 e. The molecule has 3 aromatic rings. The van der Waals surface area contributed by atoms with E-state index in [1.165, 1.54) is 4.68 Å². The molecule has 8 nitrogen and oxygen atoms in total. The van der Waals surface area contributed by atoms with Gasteiger partial charge in [0.25, 0.3) is 5.56 Å². The minimum absolute atomic E-state index is 0.0320. The molecule has 136 valence electrons. The smallest absolute Gasteiger partial charge is 0.254 e. The molecule has 8 heteroatoms. The van der Waals surface area contributed by atoms with Crippen LogP contribution in [0.3, 0.4) is 0 Å². The van der Waals surface area contributed by atoms with Crippen molar-refractivity contribution >= 4 is 10.9 Å². The van der Waals surface area contributed by atoms with Gasteiger partial charge in [-0.15, -0.1) is 5.10 Å². The highest BCUT2D eigenvalue weighted by atomic mass is 16.5. The zero-order valence-electron chi connectivity index (χ0n) is 14.8. The highest BCUT2D eigenvalue weighted by Gasteiger charge is 2.25. The van der Waals surface area contributed by atoms with E-state index in [1.807, 2.05) is 26.0 Å². The van der Waals surface area contributed by atoms with Crippen LogP contribution < -0.4 is 5.56 Å². The number of tetrazole rings is 1. The number of nitrogens with zero attached hydrogens (tertiary/aromatic N) is 4. The molecule has 4 rings (SSSR count). The molecule has 2 N–H and O–H groups in total. The molecule has 2 aromatic heterocycles. The number of aliphatic hydroxyl groups excluding tert-OH is 1. The van der Waals surface area contributed by atoms with Crippen LogP contribution in [0.1, 0.15) is 41.5 Å². The number of aromatic nitrogens is 5. The van der Waals surface area contributed by atoms with Gasteiger partial charge in [0, 0.05) is 17.5 Å². The van der Waals surface area contributed by atoms with Crippen molar-refractivity contribution in [2.75, 3.05) is 6.61 Å². The average Bonchev–Trinajstić information content (AvgIpc) is 3.26. The fraction of sp³-hybridized carbons (Fsp3) is 0.444. The van der Waals surface area contributed by atoms with Gasteiger partial charge in [-0.1, -0.05) is 6.07 Å². The summed E-state index contributed by atoms with van der Waals surface area (Å²) < 4.78 is 7.13. The predicted octanol–water partition coefficient (Wildman–Crippen LogP) is 1.39. The molecule has 1 aliphatic rings. The maximum atomic E-state index is 12.5. The zero-order chi connectivity index (χ0) is 18.3. The normalized spacial score (nSPS) is 18.5. The van der Waals surface area contributed by atoms with Crippen LogP contribution in [0.2, 0.25) is 0 Å². The van der Waals surface area contributed by atoms with Crippen LogP contribution in [-0.2, 0) is 11.3 Å². The van der Waals surface area contributed by atoms with Crippen molar-refractivity contribution < 1.29 is 9.84 Å². The Labute approximate surface area is 149 Å². The molecule has 2 atom stereocenters. The van der Waals surface area contributed by atoms with Crippen molar-refractivity contribution in [1.29, 1.82) is 0 Å². The average molecular weight is 355 g/mol. The Balaban J connectivity index is 1.72. The van der Waals surface area contributed by atoms with Gasteiger partial charge in [-0.25, -0.2) is 4.68 Å². The fourth-order valence-electron chi connectivity index (χ4n) is 3.55. The van der Waals surface area contributed by atoms with Crippen molar-refractivity contribution in [3.05, 3.63) is 51.1 Å². The van der Waals surface area contributed by atoms with E-state index in [1.54, 1.807) is 6.07 Å². The van der Waals surface area contributed by atoms with Crippen molar-refractivity contribution in [2.24, 2.45) is 0 Å². The molecule has 1 aliphatic heterocycles. The molecule has 3 heterocycles. The number of hydrogen-bond donors (Lipinski definition) is 2. The van der Waals surface area contributed by atoms with E-state index in [4.69, 9.17) is 4.74 Å². The first kappa shape index (κ1) is 16.9. The molecule has 1 fully saturated rings. The molecule has 0 aliphatic carbocycles. The van der Waals surface area contributed by atoms with E-state index in [0.29, 0.717) is 6.54 Å². The summed E-state index contributed by atoms with van der Waals surface area (Å²) in [5.41, 5.74) is 2.74. The second-order valence-electron chi connectivity index (χ2n) is 6.85. The van der Waals surface area contributed by atoms with E-state index in [2.05, 4.69) is 20.5 Å². The lowest BCUT2D eigenvalue weighted by Gasteiger charge is -2.14. The van der Waals surface area contributed by atoms with E-state index in [-0.39, 0.29) is 23.1 Å². The van der Waals surface area contributed by atoms with Gasteiger partial charge in [-0.05, 0) is 60.4 Å². The number of H-pyrrole nitrogens is 1. The Hall–Kier alpha value is -2.58. The third-order valence-corrected chi connectivity index (χ3v) is 4.84.